The fourth-order valence-corrected chi connectivity index (χ4v) is 6.96. The van der Waals surface area contributed by atoms with Crippen molar-refractivity contribution in [2.45, 2.75) is 51.3 Å². The molecule has 5 heteroatoms. The summed E-state index contributed by atoms with van der Waals surface area (Å²) < 4.78 is 11.3. The maximum Gasteiger partial charge on any atom is 0.334 e. The van der Waals surface area contributed by atoms with Crippen molar-refractivity contribution in [3.63, 3.8) is 0 Å². The van der Waals surface area contributed by atoms with E-state index in [1.807, 2.05) is 19.1 Å². The highest BCUT2D eigenvalue weighted by atomic mass is 28.4. The zero-order valence-electron chi connectivity index (χ0n) is 15.4. The van der Waals surface area contributed by atoms with Crippen LogP contribution in [0.2, 0.25) is 38.3 Å². The summed E-state index contributed by atoms with van der Waals surface area (Å²) in [6.07, 6.45) is 3.61. The Kier molecular flexibility index (Phi) is 6.98. The van der Waals surface area contributed by atoms with Crippen LogP contribution in [0, 0.1) is 0 Å². The van der Waals surface area contributed by atoms with Gasteiger partial charge in [0.2, 0.25) is 0 Å². The van der Waals surface area contributed by atoms with Crippen LogP contribution in [0.15, 0.2) is 42.5 Å². The molecule has 1 aromatic carbocycles. The van der Waals surface area contributed by atoms with Crippen LogP contribution in [0.25, 0.3) is 0 Å². The molecule has 128 valence electrons. The second-order valence-electron chi connectivity index (χ2n) is 7.31. The lowest BCUT2D eigenvalue weighted by Crippen LogP contribution is -2.53. The molecule has 0 radical (unpaired) electrons. The number of methoxy groups -OCH3 is 1. The first kappa shape index (κ1) is 19.9. The Bertz CT molecular complexity index is 533. The van der Waals surface area contributed by atoms with Crippen molar-refractivity contribution in [2.24, 2.45) is 0 Å². The number of ether oxygens (including phenoxy) is 1. The Balaban J connectivity index is 3.32. The topological polar surface area (TPSA) is 35.5 Å². The van der Waals surface area contributed by atoms with Crippen LogP contribution >= 0.6 is 0 Å². The fraction of sp³-hybridized carbons (Fsp3) is 0.500. The molecular formula is C18H30O3Si2. The molecule has 0 N–H and O–H groups in total. The highest BCUT2D eigenvalue weighted by Crippen LogP contribution is 2.32. The first-order valence-corrected chi connectivity index (χ1v) is 14.6. The third-order valence-electron chi connectivity index (χ3n) is 3.99. The number of hydrogen-bond donors (Lipinski definition) is 0. The minimum atomic E-state index is -1.96. The average molecular weight is 351 g/mol. The van der Waals surface area contributed by atoms with E-state index in [9.17, 15) is 4.79 Å². The van der Waals surface area contributed by atoms with Gasteiger partial charge in [-0.2, -0.15) is 0 Å². The molecule has 3 nitrogen and oxygen atoms in total. The summed E-state index contributed by atoms with van der Waals surface area (Å²) in [5.74, 6) is -0.271. The summed E-state index contributed by atoms with van der Waals surface area (Å²) in [5, 5.41) is 1.32. The van der Waals surface area contributed by atoms with Crippen LogP contribution in [0.4, 0.5) is 0 Å². The molecule has 0 aromatic heterocycles. The van der Waals surface area contributed by atoms with E-state index < -0.39 is 22.5 Å². The summed E-state index contributed by atoms with van der Waals surface area (Å²) >= 11 is 0. The normalized spacial score (nSPS) is 15.4. The lowest BCUT2D eigenvalue weighted by atomic mass is 10.2. The van der Waals surface area contributed by atoms with Gasteiger partial charge in [0.15, 0.2) is 8.32 Å². The van der Waals surface area contributed by atoms with Crippen molar-refractivity contribution in [3.05, 3.63) is 42.5 Å². The first-order chi connectivity index (χ1) is 10.6. The highest BCUT2D eigenvalue weighted by Gasteiger charge is 2.43. The molecular weight excluding hydrogens is 320 g/mol. The molecule has 0 saturated heterocycles. The van der Waals surface area contributed by atoms with Crippen LogP contribution < -0.4 is 5.19 Å². The van der Waals surface area contributed by atoms with Crippen molar-refractivity contribution in [1.29, 1.82) is 0 Å². The van der Waals surface area contributed by atoms with Crippen LogP contribution in [0.3, 0.4) is 0 Å². The van der Waals surface area contributed by atoms with Gasteiger partial charge in [-0.25, -0.2) is 4.79 Å². The molecule has 1 aromatic rings. The number of carbonyl (C=O) groups excluding carboxylic acids is 1. The van der Waals surface area contributed by atoms with Crippen LogP contribution in [0.1, 0.15) is 6.92 Å². The van der Waals surface area contributed by atoms with Gasteiger partial charge in [-0.3, -0.25) is 0 Å². The van der Waals surface area contributed by atoms with Crippen molar-refractivity contribution in [3.8, 4) is 0 Å². The Hall–Kier alpha value is -1.18. The number of hydrogen-bond acceptors (Lipinski definition) is 3. The minimum Gasteiger partial charge on any atom is -0.467 e. The second kappa shape index (κ2) is 8.08. The molecule has 0 bridgehead atoms. The molecule has 0 spiro atoms. The van der Waals surface area contributed by atoms with E-state index in [4.69, 9.17) is 9.16 Å². The molecule has 2 atom stereocenters. The van der Waals surface area contributed by atoms with Gasteiger partial charge in [0.05, 0.1) is 15.2 Å². The van der Waals surface area contributed by atoms with Crippen LogP contribution in [-0.4, -0.2) is 35.6 Å². The monoisotopic (exact) mass is 350 g/mol. The molecule has 0 aliphatic rings. The molecule has 0 fully saturated rings. The SMILES string of the molecule is C/C=C/[C@@H]([C@H](O[Si](C)(C)C)C(=O)OC)[Si](C)(C)c1ccccc1. The summed E-state index contributed by atoms with van der Waals surface area (Å²) in [4.78, 5) is 12.4. The third-order valence-corrected chi connectivity index (χ3v) is 8.94. The molecule has 0 aliphatic carbocycles. The van der Waals surface area contributed by atoms with E-state index in [1.54, 1.807) is 0 Å². The van der Waals surface area contributed by atoms with Gasteiger partial charge < -0.3 is 9.16 Å². The fourth-order valence-electron chi connectivity index (χ4n) is 2.75. The summed E-state index contributed by atoms with van der Waals surface area (Å²) in [6.45, 7) is 12.9. The van der Waals surface area contributed by atoms with Crippen LogP contribution in [-0.2, 0) is 14.0 Å². The van der Waals surface area contributed by atoms with Crippen molar-refractivity contribution in [2.75, 3.05) is 7.11 Å². The maximum absolute atomic E-state index is 12.4. The van der Waals surface area contributed by atoms with Gasteiger partial charge in [0, 0.05) is 5.54 Å². The van der Waals surface area contributed by atoms with E-state index in [0.717, 1.165) is 0 Å². The number of allylic oxidation sites excluding steroid dienone is 1. The Morgan fingerprint density at radius 1 is 1.09 bits per heavy atom. The maximum atomic E-state index is 12.4. The van der Waals surface area contributed by atoms with E-state index >= 15 is 0 Å². The quantitative estimate of drug-likeness (QED) is 0.424. The number of esters is 1. The lowest BCUT2D eigenvalue weighted by Gasteiger charge is -2.38. The summed E-state index contributed by atoms with van der Waals surface area (Å²) in [6, 6.07) is 10.5. The van der Waals surface area contributed by atoms with Gasteiger partial charge in [-0.05, 0) is 26.6 Å². The predicted octanol–water partition coefficient (Wildman–Crippen LogP) is 3.94. The first-order valence-electron chi connectivity index (χ1n) is 8.07. The zero-order valence-corrected chi connectivity index (χ0v) is 17.4. The molecule has 0 saturated carbocycles. The van der Waals surface area contributed by atoms with Gasteiger partial charge in [0.1, 0.15) is 6.10 Å². The van der Waals surface area contributed by atoms with Crippen LogP contribution in [0.5, 0.6) is 0 Å². The van der Waals surface area contributed by atoms with E-state index in [0.29, 0.717) is 0 Å². The largest absolute Gasteiger partial charge is 0.467 e. The number of benzene rings is 1. The van der Waals surface area contributed by atoms with Crippen molar-refractivity contribution >= 4 is 27.5 Å². The lowest BCUT2D eigenvalue weighted by molar-refractivity contribution is -0.149. The third kappa shape index (κ3) is 5.44. The predicted molar refractivity (Wildman–Crippen MR) is 102 cm³/mol. The summed E-state index contributed by atoms with van der Waals surface area (Å²) in [5.41, 5.74) is 0.0362. The minimum absolute atomic E-state index is 0.0362. The standard InChI is InChI=1S/C18H30O3Si2/c1-8-12-16(17(18(19)20-2)21-22(3,4)5)23(6,7)15-13-10-9-11-14-15/h8-14,16-17H,1-7H3/b12-8+/t16-,17-/m0/s1. The average Bonchev–Trinajstić information content (AvgIpc) is 2.49. The van der Waals surface area contributed by atoms with Gasteiger partial charge in [-0.15, -0.1) is 0 Å². The molecule has 23 heavy (non-hydrogen) atoms. The highest BCUT2D eigenvalue weighted by molar-refractivity contribution is 6.91. The van der Waals surface area contributed by atoms with Gasteiger partial charge in [-0.1, -0.05) is 60.8 Å². The van der Waals surface area contributed by atoms with Gasteiger partial charge >= 0.3 is 5.97 Å². The van der Waals surface area contributed by atoms with Gasteiger partial charge in [0.25, 0.3) is 0 Å². The van der Waals surface area contributed by atoms with E-state index in [-0.39, 0.29) is 11.5 Å². The smallest absolute Gasteiger partial charge is 0.334 e. The Morgan fingerprint density at radius 3 is 2.09 bits per heavy atom. The zero-order chi connectivity index (χ0) is 17.7. The summed E-state index contributed by atoms with van der Waals surface area (Å²) in [7, 11) is -2.41. The molecule has 0 unspecified atom stereocenters. The van der Waals surface area contributed by atoms with Crippen molar-refractivity contribution < 1.29 is 14.0 Å². The number of carbonyl (C=O) groups is 1. The molecule has 0 amide bonds. The van der Waals surface area contributed by atoms with E-state index in [2.05, 4.69) is 63.1 Å². The second-order valence-corrected chi connectivity index (χ2v) is 16.5. The van der Waals surface area contributed by atoms with E-state index in [1.165, 1.54) is 12.3 Å². The molecule has 1 rings (SSSR count). The van der Waals surface area contributed by atoms with Crippen molar-refractivity contribution in [1.82, 2.24) is 0 Å². The Morgan fingerprint density at radius 2 is 1.65 bits per heavy atom. The molecule has 0 heterocycles. The number of rotatable bonds is 7. The molecule has 0 aliphatic heterocycles. The Labute approximate surface area is 142 Å².